The fourth-order valence-electron chi connectivity index (χ4n) is 3.94. The fourth-order valence-corrected chi connectivity index (χ4v) is 3.94. The molecular formula is C25H36IN5O. The van der Waals surface area contributed by atoms with E-state index in [0.717, 1.165) is 24.6 Å². The highest BCUT2D eigenvalue weighted by molar-refractivity contribution is 14.0. The number of likely N-dealkylation sites (N-methyl/N-ethyl adjacent to an activating group) is 1. The molecule has 0 spiro atoms. The molecule has 0 aromatic heterocycles. The third-order valence-corrected chi connectivity index (χ3v) is 6.01. The summed E-state index contributed by atoms with van der Waals surface area (Å²) in [6.07, 6.45) is 3.67. The van der Waals surface area contributed by atoms with E-state index in [1.807, 2.05) is 43.3 Å². The maximum atomic E-state index is 12.4. The van der Waals surface area contributed by atoms with E-state index in [1.165, 1.54) is 24.8 Å². The number of hydrogen-bond acceptors (Lipinski definition) is 3. The summed E-state index contributed by atoms with van der Waals surface area (Å²) >= 11 is 0. The molecule has 1 aliphatic rings. The summed E-state index contributed by atoms with van der Waals surface area (Å²) in [5.41, 5.74) is 3.32. The van der Waals surface area contributed by atoms with Crippen molar-refractivity contribution in [2.75, 3.05) is 40.8 Å². The number of carbonyl (C=O) groups is 1. The molecule has 3 N–H and O–H groups in total. The average molecular weight is 550 g/mol. The average Bonchev–Trinajstić information content (AvgIpc) is 2.75. The van der Waals surface area contributed by atoms with Crippen molar-refractivity contribution in [3.8, 4) is 0 Å². The molecule has 0 radical (unpaired) electrons. The van der Waals surface area contributed by atoms with E-state index in [0.29, 0.717) is 18.7 Å². The van der Waals surface area contributed by atoms with Gasteiger partial charge in [-0.15, -0.1) is 24.0 Å². The van der Waals surface area contributed by atoms with Crippen molar-refractivity contribution < 1.29 is 4.79 Å². The van der Waals surface area contributed by atoms with E-state index < -0.39 is 0 Å². The van der Waals surface area contributed by atoms with Gasteiger partial charge in [-0.25, -0.2) is 0 Å². The van der Waals surface area contributed by atoms with Crippen LogP contribution in [0.5, 0.6) is 0 Å². The second-order valence-corrected chi connectivity index (χ2v) is 8.54. The Morgan fingerprint density at radius 3 is 2.41 bits per heavy atom. The van der Waals surface area contributed by atoms with Crippen molar-refractivity contribution in [2.24, 2.45) is 4.99 Å². The zero-order chi connectivity index (χ0) is 22.1. The lowest BCUT2D eigenvalue weighted by Crippen LogP contribution is -2.48. The highest BCUT2D eigenvalue weighted by Crippen LogP contribution is 2.43. The number of halogens is 1. The Bertz CT molecular complexity index is 881. The van der Waals surface area contributed by atoms with Gasteiger partial charge in [0, 0.05) is 44.2 Å². The molecule has 0 bridgehead atoms. The van der Waals surface area contributed by atoms with Gasteiger partial charge in [-0.3, -0.25) is 9.79 Å². The van der Waals surface area contributed by atoms with Crippen molar-refractivity contribution in [2.45, 2.75) is 31.2 Å². The number of carbonyl (C=O) groups excluding carboxylic acids is 1. The smallest absolute Gasteiger partial charge is 0.251 e. The maximum absolute atomic E-state index is 12.4. The summed E-state index contributed by atoms with van der Waals surface area (Å²) in [4.78, 5) is 18.8. The number of guanidine groups is 1. The molecule has 0 aliphatic heterocycles. The normalized spacial score (nSPS) is 14.8. The Balaban J connectivity index is 0.00000363. The highest BCUT2D eigenvalue weighted by Gasteiger charge is 2.38. The van der Waals surface area contributed by atoms with Crippen molar-refractivity contribution in [1.29, 1.82) is 0 Å². The van der Waals surface area contributed by atoms with Gasteiger partial charge in [0.1, 0.15) is 0 Å². The van der Waals surface area contributed by atoms with Crippen LogP contribution in [0.4, 0.5) is 0 Å². The van der Waals surface area contributed by atoms with E-state index >= 15 is 0 Å². The lowest BCUT2D eigenvalue weighted by atomic mass is 9.64. The van der Waals surface area contributed by atoms with Gasteiger partial charge in [-0.05, 0) is 50.2 Å². The number of aliphatic imine (C=N–C) groups is 1. The minimum absolute atomic E-state index is 0. The molecule has 1 aliphatic carbocycles. The summed E-state index contributed by atoms with van der Waals surface area (Å²) in [7, 11) is 5.78. The number of benzene rings is 2. The van der Waals surface area contributed by atoms with E-state index in [-0.39, 0.29) is 35.3 Å². The van der Waals surface area contributed by atoms with Crippen LogP contribution in [0, 0.1) is 0 Å². The minimum Gasteiger partial charge on any atom is -0.356 e. The molecule has 1 amide bonds. The van der Waals surface area contributed by atoms with Gasteiger partial charge < -0.3 is 20.9 Å². The quantitative estimate of drug-likeness (QED) is 0.255. The van der Waals surface area contributed by atoms with E-state index in [9.17, 15) is 4.79 Å². The van der Waals surface area contributed by atoms with Crippen LogP contribution in [0.25, 0.3) is 0 Å². The van der Waals surface area contributed by atoms with Gasteiger partial charge in [-0.1, -0.05) is 48.9 Å². The Hall–Kier alpha value is -2.13. The summed E-state index contributed by atoms with van der Waals surface area (Å²) in [5.74, 6) is 0.740. The van der Waals surface area contributed by atoms with Crippen LogP contribution in [-0.2, 0) is 12.0 Å². The maximum Gasteiger partial charge on any atom is 0.251 e. The molecule has 174 valence electrons. The van der Waals surface area contributed by atoms with Gasteiger partial charge in [0.2, 0.25) is 0 Å². The molecule has 0 heterocycles. The van der Waals surface area contributed by atoms with Gasteiger partial charge in [0.25, 0.3) is 5.91 Å². The summed E-state index contributed by atoms with van der Waals surface area (Å²) in [6.45, 7) is 2.93. The minimum atomic E-state index is -0.0407. The molecule has 0 atom stereocenters. The Morgan fingerprint density at radius 1 is 1.03 bits per heavy atom. The van der Waals surface area contributed by atoms with Crippen LogP contribution < -0.4 is 16.0 Å². The van der Waals surface area contributed by atoms with Crippen LogP contribution in [0.3, 0.4) is 0 Å². The van der Waals surface area contributed by atoms with Crippen LogP contribution in [0.2, 0.25) is 0 Å². The predicted molar refractivity (Wildman–Crippen MR) is 143 cm³/mol. The van der Waals surface area contributed by atoms with Crippen LogP contribution in [-0.4, -0.2) is 57.5 Å². The number of rotatable bonds is 9. The first-order chi connectivity index (χ1) is 15.0. The third kappa shape index (κ3) is 7.20. The standard InChI is InChI=1S/C25H35N5O.HI/c1-26-24(29-19-25(13-8-14-25)22-11-5-4-6-12-22)28-18-20-9-7-10-21(17-20)23(31)27-15-16-30(2)3;/h4-7,9-12,17H,8,13-16,18-19H2,1-3H3,(H,27,31)(H2,26,28,29);1H. The van der Waals surface area contributed by atoms with E-state index in [4.69, 9.17) is 0 Å². The van der Waals surface area contributed by atoms with Crippen LogP contribution >= 0.6 is 24.0 Å². The second kappa shape index (κ2) is 12.8. The van der Waals surface area contributed by atoms with Crippen LogP contribution in [0.1, 0.15) is 40.7 Å². The van der Waals surface area contributed by atoms with Crippen LogP contribution in [0.15, 0.2) is 59.6 Å². The first-order valence-electron chi connectivity index (χ1n) is 11.0. The van der Waals surface area contributed by atoms with E-state index in [1.54, 1.807) is 7.05 Å². The van der Waals surface area contributed by atoms with Gasteiger partial charge in [0.05, 0.1) is 0 Å². The largest absolute Gasteiger partial charge is 0.356 e. The fraction of sp³-hybridized carbons (Fsp3) is 0.440. The highest BCUT2D eigenvalue weighted by atomic mass is 127. The predicted octanol–water partition coefficient (Wildman–Crippen LogP) is 3.38. The lowest BCUT2D eigenvalue weighted by Gasteiger charge is -2.43. The molecule has 6 nitrogen and oxygen atoms in total. The number of hydrogen-bond donors (Lipinski definition) is 3. The summed E-state index contributed by atoms with van der Waals surface area (Å²) in [6, 6.07) is 18.5. The molecule has 2 aromatic carbocycles. The van der Waals surface area contributed by atoms with E-state index in [2.05, 4.69) is 51.3 Å². The molecule has 2 aromatic rings. The summed E-state index contributed by atoms with van der Waals surface area (Å²) < 4.78 is 0. The molecule has 0 unspecified atom stereocenters. The number of nitrogens with one attached hydrogen (secondary N) is 3. The zero-order valence-electron chi connectivity index (χ0n) is 19.4. The first kappa shape index (κ1) is 26.1. The van der Waals surface area contributed by atoms with Gasteiger partial charge in [-0.2, -0.15) is 0 Å². The zero-order valence-corrected chi connectivity index (χ0v) is 21.7. The first-order valence-corrected chi connectivity index (χ1v) is 11.0. The summed E-state index contributed by atoms with van der Waals surface area (Å²) in [5, 5.41) is 9.86. The second-order valence-electron chi connectivity index (χ2n) is 8.54. The van der Waals surface area contributed by atoms with Crippen molar-refractivity contribution in [3.05, 3.63) is 71.3 Å². The molecule has 0 saturated heterocycles. The van der Waals surface area contributed by atoms with Gasteiger partial charge in [0.15, 0.2) is 5.96 Å². The Labute approximate surface area is 209 Å². The molecule has 3 rings (SSSR count). The molecule has 1 saturated carbocycles. The SMILES string of the molecule is CN=C(NCc1cccc(C(=O)NCCN(C)C)c1)NCC1(c2ccccc2)CCC1.I. The number of amides is 1. The molecule has 7 heteroatoms. The van der Waals surface area contributed by atoms with Gasteiger partial charge >= 0.3 is 0 Å². The molecular weight excluding hydrogens is 513 g/mol. The third-order valence-electron chi connectivity index (χ3n) is 6.01. The Morgan fingerprint density at radius 2 is 1.78 bits per heavy atom. The molecule has 1 fully saturated rings. The lowest BCUT2D eigenvalue weighted by molar-refractivity contribution is 0.0951. The number of nitrogens with zero attached hydrogens (tertiary/aromatic N) is 2. The monoisotopic (exact) mass is 549 g/mol. The van der Waals surface area contributed by atoms with Crippen molar-refractivity contribution in [1.82, 2.24) is 20.9 Å². The van der Waals surface area contributed by atoms with Crippen molar-refractivity contribution in [3.63, 3.8) is 0 Å². The topological polar surface area (TPSA) is 68.8 Å². The van der Waals surface area contributed by atoms with Crippen molar-refractivity contribution >= 4 is 35.8 Å². The molecule has 32 heavy (non-hydrogen) atoms. The Kier molecular flexibility index (Phi) is 10.4.